The predicted octanol–water partition coefficient (Wildman–Crippen LogP) is -0.682. The van der Waals surface area contributed by atoms with Crippen LogP contribution in [0.1, 0.15) is 19.3 Å². The van der Waals surface area contributed by atoms with E-state index in [2.05, 4.69) is 11.2 Å². The summed E-state index contributed by atoms with van der Waals surface area (Å²) in [6.07, 6.45) is 6.37. The number of aliphatic carboxylic acids is 1. The average molecular weight is 210 g/mol. The maximum atomic E-state index is 11.3. The van der Waals surface area contributed by atoms with E-state index >= 15 is 0 Å². The summed E-state index contributed by atoms with van der Waals surface area (Å²) in [6, 6.07) is -0.750. The Morgan fingerprint density at radius 2 is 2.20 bits per heavy atom. The molecule has 0 aromatic heterocycles. The van der Waals surface area contributed by atoms with Gasteiger partial charge < -0.3 is 16.2 Å². The SMILES string of the molecule is C#CCC(N)C(=O)NCC1(C(=O)O)CC1. The van der Waals surface area contributed by atoms with Gasteiger partial charge >= 0.3 is 5.97 Å². The highest BCUT2D eigenvalue weighted by Crippen LogP contribution is 2.45. The Hall–Kier alpha value is -1.54. The second-order valence-electron chi connectivity index (χ2n) is 3.82. The number of nitrogens with two attached hydrogens (primary N) is 1. The molecule has 0 aromatic carbocycles. The number of carbonyl (C=O) groups excluding carboxylic acids is 1. The number of nitrogens with one attached hydrogen (secondary N) is 1. The predicted molar refractivity (Wildman–Crippen MR) is 53.7 cm³/mol. The first kappa shape index (κ1) is 11.5. The van der Waals surface area contributed by atoms with E-state index in [1.807, 2.05) is 0 Å². The third-order valence-electron chi connectivity index (χ3n) is 2.58. The molecule has 1 aliphatic carbocycles. The van der Waals surface area contributed by atoms with Gasteiger partial charge in [0.2, 0.25) is 5.91 Å². The highest BCUT2D eigenvalue weighted by atomic mass is 16.4. The van der Waals surface area contributed by atoms with Gasteiger partial charge in [0.15, 0.2) is 0 Å². The van der Waals surface area contributed by atoms with E-state index in [9.17, 15) is 9.59 Å². The fourth-order valence-electron chi connectivity index (χ4n) is 1.22. The van der Waals surface area contributed by atoms with Crippen LogP contribution in [0.4, 0.5) is 0 Å². The first-order valence-electron chi connectivity index (χ1n) is 4.72. The Morgan fingerprint density at radius 1 is 1.60 bits per heavy atom. The maximum Gasteiger partial charge on any atom is 0.311 e. The second-order valence-corrected chi connectivity index (χ2v) is 3.82. The zero-order chi connectivity index (χ0) is 11.5. The van der Waals surface area contributed by atoms with Gasteiger partial charge in [-0.15, -0.1) is 12.3 Å². The number of carboxylic acid groups (broad SMARTS) is 1. The molecule has 0 saturated heterocycles. The molecule has 0 heterocycles. The van der Waals surface area contributed by atoms with Gasteiger partial charge in [0.1, 0.15) is 0 Å². The van der Waals surface area contributed by atoms with Crippen LogP contribution in [-0.4, -0.2) is 29.6 Å². The Kier molecular flexibility index (Phi) is 3.32. The lowest BCUT2D eigenvalue weighted by atomic mass is 10.1. The molecule has 1 atom stereocenters. The quantitative estimate of drug-likeness (QED) is 0.524. The summed E-state index contributed by atoms with van der Waals surface area (Å²) in [5, 5.41) is 11.4. The molecule has 5 nitrogen and oxygen atoms in total. The molecule has 0 spiro atoms. The molecule has 1 rings (SSSR count). The molecule has 0 aliphatic heterocycles. The third kappa shape index (κ3) is 2.70. The van der Waals surface area contributed by atoms with Gasteiger partial charge in [-0.1, -0.05) is 0 Å². The molecule has 1 saturated carbocycles. The first-order valence-corrected chi connectivity index (χ1v) is 4.72. The summed E-state index contributed by atoms with van der Waals surface area (Å²) in [6.45, 7) is 0.138. The smallest absolute Gasteiger partial charge is 0.311 e. The molecule has 0 radical (unpaired) electrons. The summed E-state index contributed by atoms with van der Waals surface area (Å²) < 4.78 is 0. The Morgan fingerprint density at radius 3 is 2.60 bits per heavy atom. The normalized spacial score (nSPS) is 18.7. The molecule has 15 heavy (non-hydrogen) atoms. The van der Waals surface area contributed by atoms with E-state index in [1.54, 1.807) is 0 Å². The van der Waals surface area contributed by atoms with Gasteiger partial charge in [-0.3, -0.25) is 9.59 Å². The van der Waals surface area contributed by atoms with Crippen molar-refractivity contribution in [2.45, 2.75) is 25.3 Å². The summed E-state index contributed by atoms with van der Waals surface area (Å²) in [7, 11) is 0. The van der Waals surface area contributed by atoms with Crippen molar-refractivity contribution in [1.82, 2.24) is 5.32 Å². The third-order valence-corrected chi connectivity index (χ3v) is 2.58. The zero-order valence-corrected chi connectivity index (χ0v) is 8.32. The van der Waals surface area contributed by atoms with Crippen LogP contribution in [0.5, 0.6) is 0 Å². The number of hydrogen-bond donors (Lipinski definition) is 3. The topological polar surface area (TPSA) is 92.4 Å². The van der Waals surface area contributed by atoms with Crippen molar-refractivity contribution in [3.63, 3.8) is 0 Å². The molecule has 1 unspecified atom stereocenters. The van der Waals surface area contributed by atoms with Crippen LogP contribution in [0.3, 0.4) is 0 Å². The van der Waals surface area contributed by atoms with Crippen molar-refractivity contribution >= 4 is 11.9 Å². The molecule has 82 valence electrons. The van der Waals surface area contributed by atoms with Crippen LogP contribution in [0.15, 0.2) is 0 Å². The molecule has 1 fully saturated rings. The van der Waals surface area contributed by atoms with Crippen LogP contribution in [0.2, 0.25) is 0 Å². The molecule has 4 N–H and O–H groups in total. The van der Waals surface area contributed by atoms with Gasteiger partial charge in [-0.05, 0) is 12.8 Å². The van der Waals surface area contributed by atoms with Gasteiger partial charge in [-0.2, -0.15) is 0 Å². The molecule has 0 bridgehead atoms. The second kappa shape index (κ2) is 4.32. The molecule has 1 amide bonds. The number of amides is 1. The fraction of sp³-hybridized carbons (Fsp3) is 0.600. The highest BCUT2D eigenvalue weighted by Gasteiger charge is 2.50. The van der Waals surface area contributed by atoms with Crippen molar-refractivity contribution in [2.24, 2.45) is 11.1 Å². The van der Waals surface area contributed by atoms with Gasteiger partial charge in [-0.25, -0.2) is 0 Å². The minimum absolute atomic E-state index is 0.138. The number of carboxylic acids is 1. The number of hydrogen-bond acceptors (Lipinski definition) is 3. The van der Waals surface area contributed by atoms with Gasteiger partial charge in [0.25, 0.3) is 0 Å². The highest BCUT2D eigenvalue weighted by molar-refractivity contribution is 5.83. The Balaban J connectivity index is 2.35. The number of terminal acetylenes is 1. The minimum atomic E-state index is -0.867. The standard InChI is InChI=1S/C10H14N2O3/c1-2-3-7(11)8(13)12-6-10(4-5-10)9(14)15/h1,7H,3-6,11H2,(H,12,13)(H,14,15). The molecule has 5 heteroatoms. The number of carbonyl (C=O) groups is 2. The minimum Gasteiger partial charge on any atom is -0.481 e. The lowest BCUT2D eigenvalue weighted by Gasteiger charge is -2.13. The summed E-state index contributed by atoms with van der Waals surface area (Å²) in [5.74, 6) is 1.03. The van der Waals surface area contributed by atoms with Gasteiger partial charge in [0, 0.05) is 13.0 Å². The molecule has 0 aromatic rings. The van der Waals surface area contributed by atoms with E-state index in [-0.39, 0.29) is 18.9 Å². The van der Waals surface area contributed by atoms with Crippen LogP contribution >= 0.6 is 0 Å². The summed E-state index contributed by atoms with van der Waals surface area (Å²) >= 11 is 0. The van der Waals surface area contributed by atoms with Crippen LogP contribution < -0.4 is 11.1 Å². The van der Waals surface area contributed by atoms with E-state index in [0.717, 1.165) is 0 Å². The molecule has 1 aliphatic rings. The lowest BCUT2D eigenvalue weighted by Crippen LogP contribution is -2.43. The van der Waals surface area contributed by atoms with E-state index < -0.39 is 17.4 Å². The average Bonchev–Trinajstić information content (AvgIpc) is 2.95. The van der Waals surface area contributed by atoms with Crippen LogP contribution in [0, 0.1) is 17.8 Å². The van der Waals surface area contributed by atoms with Crippen molar-refractivity contribution in [3.05, 3.63) is 0 Å². The Labute approximate surface area is 88.0 Å². The van der Waals surface area contributed by atoms with E-state index in [4.69, 9.17) is 17.3 Å². The maximum absolute atomic E-state index is 11.3. The molecular weight excluding hydrogens is 196 g/mol. The zero-order valence-electron chi connectivity index (χ0n) is 8.32. The van der Waals surface area contributed by atoms with Gasteiger partial charge in [0.05, 0.1) is 11.5 Å². The number of rotatable bonds is 5. The fourth-order valence-corrected chi connectivity index (χ4v) is 1.22. The summed E-state index contributed by atoms with van der Waals surface area (Å²) in [5.41, 5.74) is 4.69. The van der Waals surface area contributed by atoms with Crippen molar-refractivity contribution < 1.29 is 14.7 Å². The Bertz CT molecular complexity index is 315. The van der Waals surface area contributed by atoms with E-state index in [0.29, 0.717) is 12.8 Å². The van der Waals surface area contributed by atoms with Crippen LogP contribution in [-0.2, 0) is 9.59 Å². The van der Waals surface area contributed by atoms with Crippen molar-refractivity contribution in [3.8, 4) is 12.3 Å². The van der Waals surface area contributed by atoms with Crippen LogP contribution in [0.25, 0.3) is 0 Å². The van der Waals surface area contributed by atoms with E-state index in [1.165, 1.54) is 0 Å². The monoisotopic (exact) mass is 210 g/mol. The van der Waals surface area contributed by atoms with Crippen molar-refractivity contribution in [1.29, 1.82) is 0 Å². The summed E-state index contributed by atoms with van der Waals surface area (Å²) in [4.78, 5) is 22.1. The first-order chi connectivity index (χ1) is 7.02. The molecular formula is C10H14N2O3. The largest absolute Gasteiger partial charge is 0.481 e. The lowest BCUT2D eigenvalue weighted by molar-refractivity contribution is -0.143. The van der Waals surface area contributed by atoms with Crippen molar-refractivity contribution in [2.75, 3.05) is 6.54 Å².